The molecule has 2 aromatic rings. The fraction of sp³-hybridized carbons (Fsp3) is 0.444. The number of anilines is 2. The first kappa shape index (κ1) is 20.4. The lowest BCUT2D eigenvalue weighted by molar-refractivity contribution is 0.514. The Balaban J connectivity index is 1.60. The highest BCUT2D eigenvalue weighted by molar-refractivity contribution is 7.89. The van der Waals surface area contributed by atoms with Crippen molar-refractivity contribution in [1.29, 1.82) is 0 Å². The summed E-state index contributed by atoms with van der Waals surface area (Å²) in [5.41, 5.74) is 0. The second kappa shape index (κ2) is 8.78. The Kier molecular flexibility index (Phi) is 6.40. The van der Waals surface area contributed by atoms with Crippen molar-refractivity contribution in [2.45, 2.75) is 31.1 Å². The maximum Gasteiger partial charge on any atom is 0.246 e. The van der Waals surface area contributed by atoms with Crippen molar-refractivity contribution in [3.8, 4) is 0 Å². The van der Waals surface area contributed by atoms with Gasteiger partial charge in [-0.05, 0) is 38.3 Å². The van der Waals surface area contributed by atoms with Crippen molar-refractivity contribution in [3.05, 3.63) is 41.7 Å². The van der Waals surface area contributed by atoms with E-state index in [1.807, 2.05) is 6.07 Å². The lowest BCUT2D eigenvalue weighted by Crippen LogP contribution is -2.31. The molecule has 0 saturated carbocycles. The molecule has 0 unspecified atom stereocenters. The number of sulfonamides is 1. The standard InChI is InChI=1S/C18H23F2N5O2S/c1-13-23-16(12-17(24-13)25-10-3-2-4-11-25)21-8-9-22-28(26,27)18-14(19)6-5-7-15(18)20/h5-7,12,22H,2-4,8-11H2,1H3,(H,21,23,24). The summed E-state index contributed by atoms with van der Waals surface area (Å²) in [6.07, 6.45) is 3.47. The predicted molar refractivity (Wildman–Crippen MR) is 103 cm³/mol. The number of halogens is 2. The fourth-order valence-corrected chi connectivity index (χ4v) is 4.28. The van der Waals surface area contributed by atoms with Crippen LogP contribution in [0.25, 0.3) is 0 Å². The molecule has 1 aliphatic heterocycles. The van der Waals surface area contributed by atoms with Crippen LogP contribution < -0.4 is 14.9 Å². The van der Waals surface area contributed by atoms with Gasteiger partial charge >= 0.3 is 0 Å². The van der Waals surface area contributed by atoms with E-state index in [9.17, 15) is 17.2 Å². The Morgan fingerprint density at radius 3 is 2.43 bits per heavy atom. The summed E-state index contributed by atoms with van der Waals surface area (Å²) in [4.78, 5) is 10.00. The molecule has 0 atom stereocenters. The van der Waals surface area contributed by atoms with Gasteiger partial charge < -0.3 is 10.2 Å². The molecule has 1 aliphatic rings. The van der Waals surface area contributed by atoms with Gasteiger partial charge in [-0.3, -0.25) is 0 Å². The molecule has 7 nitrogen and oxygen atoms in total. The van der Waals surface area contributed by atoms with E-state index in [1.54, 1.807) is 6.92 Å². The SMILES string of the molecule is Cc1nc(NCCNS(=O)(=O)c2c(F)cccc2F)cc(N2CCCCC2)n1. The van der Waals surface area contributed by atoms with E-state index >= 15 is 0 Å². The summed E-state index contributed by atoms with van der Waals surface area (Å²) in [5.74, 6) is -0.233. The monoisotopic (exact) mass is 411 g/mol. The van der Waals surface area contributed by atoms with Crippen molar-refractivity contribution in [2.24, 2.45) is 0 Å². The smallest absolute Gasteiger partial charge is 0.246 e. The van der Waals surface area contributed by atoms with Crippen LogP contribution >= 0.6 is 0 Å². The highest BCUT2D eigenvalue weighted by Crippen LogP contribution is 2.20. The third-order valence-corrected chi connectivity index (χ3v) is 5.93. The molecule has 0 spiro atoms. The third kappa shape index (κ3) is 4.93. The van der Waals surface area contributed by atoms with Gasteiger partial charge in [0.15, 0.2) is 4.90 Å². The first-order valence-electron chi connectivity index (χ1n) is 9.15. The number of piperidine rings is 1. The maximum atomic E-state index is 13.7. The third-order valence-electron chi connectivity index (χ3n) is 4.42. The zero-order chi connectivity index (χ0) is 20.1. The van der Waals surface area contributed by atoms with Gasteiger partial charge in [0.25, 0.3) is 0 Å². The van der Waals surface area contributed by atoms with Gasteiger partial charge in [0, 0.05) is 32.2 Å². The van der Waals surface area contributed by atoms with Crippen LogP contribution in [0.15, 0.2) is 29.2 Å². The van der Waals surface area contributed by atoms with Crippen LogP contribution in [0.3, 0.4) is 0 Å². The zero-order valence-electron chi connectivity index (χ0n) is 15.6. The van der Waals surface area contributed by atoms with Crippen LogP contribution in [0.1, 0.15) is 25.1 Å². The van der Waals surface area contributed by atoms with Gasteiger partial charge in [0.05, 0.1) is 0 Å². The molecule has 1 aromatic carbocycles. The normalized spacial score (nSPS) is 14.9. The Hall–Kier alpha value is -2.33. The number of aryl methyl sites for hydroxylation is 1. The first-order chi connectivity index (χ1) is 13.4. The summed E-state index contributed by atoms with van der Waals surface area (Å²) in [5, 5.41) is 3.03. The molecule has 10 heteroatoms. The van der Waals surface area contributed by atoms with Crippen LogP contribution in [0.4, 0.5) is 20.4 Å². The molecule has 1 saturated heterocycles. The minimum atomic E-state index is -4.29. The van der Waals surface area contributed by atoms with Crippen LogP contribution in [0.5, 0.6) is 0 Å². The van der Waals surface area contributed by atoms with Crippen molar-refractivity contribution in [3.63, 3.8) is 0 Å². The highest BCUT2D eigenvalue weighted by Gasteiger charge is 2.23. The molecule has 2 N–H and O–H groups in total. The van der Waals surface area contributed by atoms with E-state index in [0.29, 0.717) is 11.6 Å². The molecule has 0 bridgehead atoms. The van der Waals surface area contributed by atoms with E-state index in [4.69, 9.17) is 0 Å². The van der Waals surface area contributed by atoms with E-state index in [1.165, 1.54) is 6.42 Å². The fourth-order valence-electron chi connectivity index (χ4n) is 3.11. The van der Waals surface area contributed by atoms with Crippen LogP contribution in [-0.2, 0) is 10.0 Å². The van der Waals surface area contributed by atoms with E-state index in [2.05, 4.69) is 24.9 Å². The molecule has 2 heterocycles. The van der Waals surface area contributed by atoms with E-state index in [0.717, 1.165) is 49.9 Å². The Bertz CT molecular complexity index is 913. The lowest BCUT2D eigenvalue weighted by atomic mass is 10.1. The summed E-state index contributed by atoms with van der Waals surface area (Å²) in [6.45, 7) is 3.83. The minimum absolute atomic E-state index is 0.0573. The van der Waals surface area contributed by atoms with Crippen molar-refractivity contribution < 1.29 is 17.2 Å². The molecule has 0 radical (unpaired) electrons. The van der Waals surface area contributed by atoms with E-state index in [-0.39, 0.29) is 13.1 Å². The topological polar surface area (TPSA) is 87.2 Å². The molecule has 3 rings (SSSR count). The number of hydrogen-bond donors (Lipinski definition) is 2. The Labute approximate surface area is 163 Å². The van der Waals surface area contributed by atoms with Crippen molar-refractivity contribution in [2.75, 3.05) is 36.4 Å². The molecule has 0 amide bonds. The number of nitrogens with zero attached hydrogens (tertiary/aromatic N) is 3. The average Bonchev–Trinajstić information content (AvgIpc) is 2.65. The van der Waals surface area contributed by atoms with Crippen molar-refractivity contribution >= 4 is 21.7 Å². The van der Waals surface area contributed by atoms with Crippen LogP contribution in [-0.4, -0.2) is 44.6 Å². The Morgan fingerprint density at radius 2 is 1.75 bits per heavy atom. The number of rotatable bonds is 7. The minimum Gasteiger partial charge on any atom is -0.369 e. The second-order valence-corrected chi connectivity index (χ2v) is 8.29. The lowest BCUT2D eigenvalue weighted by Gasteiger charge is -2.28. The van der Waals surface area contributed by atoms with Gasteiger partial charge in [-0.2, -0.15) is 0 Å². The average molecular weight is 411 g/mol. The molecule has 28 heavy (non-hydrogen) atoms. The summed E-state index contributed by atoms with van der Waals surface area (Å²) < 4.78 is 53.9. The Morgan fingerprint density at radius 1 is 1.07 bits per heavy atom. The summed E-state index contributed by atoms with van der Waals surface area (Å²) in [7, 11) is -4.29. The highest BCUT2D eigenvalue weighted by atomic mass is 32.2. The van der Waals surface area contributed by atoms with Crippen LogP contribution in [0, 0.1) is 18.6 Å². The molecular weight excluding hydrogens is 388 g/mol. The van der Waals surface area contributed by atoms with Gasteiger partial charge in [-0.1, -0.05) is 6.07 Å². The largest absolute Gasteiger partial charge is 0.369 e. The van der Waals surface area contributed by atoms with Crippen LogP contribution in [0.2, 0.25) is 0 Å². The second-order valence-electron chi connectivity index (χ2n) is 6.58. The molecule has 1 fully saturated rings. The number of hydrogen-bond acceptors (Lipinski definition) is 6. The predicted octanol–water partition coefficient (Wildman–Crippen LogP) is 2.44. The summed E-state index contributed by atoms with van der Waals surface area (Å²) >= 11 is 0. The quantitative estimate of drug-likeness (QED) is 0.681. The molecule has 152 valence electrons. The zero-order valence-corrected chi connectivity index (χ0v) is 16.4. The maximum absolute atomic E-state index is 13.7. The van der Waals surface area contributed by atoms with Gasteiger partial charge in [0.2, 0.25) is 10.0 Å². The molecule has 1 aromatic heterocycles. The van der Waals surface area contributed by atoms with Gasteiger partial charge in [0.1, 0.15) is 29.1 Å². The molecular formula is C18H23F2N5O2S. The number of nitrogens with one attached hydrogen (secondary N) is 2. The van der Waals surface area contributed by atoms with Gasteiger partial charge in [-0.15, -0.1) is 0 Å². The van der Waals surface area contributed by atoms with Gasteiger partial charge in [-0.25, -0.2) is 31.9 Å². The summed E-state index contributed by atoms with van der Waals surface area (Å²) in [6, 6.07) is 4.75. The van der Waals surface area contributed by atoms with Crippen molar-refractivity contribution in [1.82, 2.24) is 14.7 Å². The first-order valence-corrected chi connectivity index (χ1v) is 10.6. The number of aromatic nitrogens is 2. The molecule has 0 aliphatic carbocycles. The number of benzene rings is 1. The van der Waals surface area contributed by atoms with E-state index < -0.39 is 26.6 Å².